The molecule has 5 nitrogen and oxygen atoms in total. The minimum Gasteiger partial charge on any atom is -0.497 e. The Bertz CT molecular complexity index is 1190. The highest BCUT2D eigenvalue weighted by atomic mass is 16.5. The molecule has 5 heteroatoms. The topological polar surface area (TPSA) is 47.0 Å². The van der Waals surface area contributed by atoms with E-state index >= 15 is 0 Å². The molecule has 1 aromatic heterocycles. The number of nitrogens with zero attached hydrogens (tertiary/aromatic N) is 3. The predicted molar refractivity (Wildman–Crippen MR) is 131 cm³/mol. The first-order chi connectivity index (χ1) is 15.5. The molecule has 5 rings (SSSR count). The van der Waals surface area contributed by atoms with Crippen LogP contribution in [0.5, 0.6) is 11.5 Å². The van der Waals surface area contributed by atoms with Gasteiger partial charge in [0, 0.05) is 30.0 Å². The van der Waals surface area contributed by atoms with Crippen LogP contribution in [0.1, 0.15) is 52.0 Å². The van der Waals surface area contributed by atoms with Crippen molar-refractivity contribution in [3.8, 4) is 11.5 Å². The predicted octanol–water partition coefficient (Wildman–Crippen LogP) is 6.41. The van der Waals surface area contributed by atoms with Gasteiger partial charge in [-0.2, -0.15) is 0 Å². The Labute approximate surface area is 190 Å². The fourth-order valence-corrected chi connectivity index (χ4v) is 5.17. The van der Waals surface area contributed by atoms with Gasteiger partial charge in [-0.1, -0.05) is 32.3 Å². The maximum Gasteiger partial charge on any atom is 0.228 e. The van der Waals surface area contributed by atoms with E-state index in [4.69, 9.17) is 14.5 Å². The molecule has 166 valence electrons. The first-order valence-corrected chi connectivity index (χ1v) is 11.6. The van der Waals surface area contributed by atoms with Crippen molar-refractivity contribution in [2.75, 3.05) is 18.6 Å². The molecule has 0 bridgehead atoms. The van der Waals surface area contributed by atoms with Gasteiger partial charge in [-0.05, 0) is 61.5 Å². The lowest BCUT2D eigenvalue weighted by atomic mass is 9.77. The molecule has 3 aromatic rings. The zero-order valence-electron chi connectivity index (χ0n) is 19.4. The molecule has 0 radical (unpaired) electrons. The molecule has 0 fully saturated rings. The van der Waals surface area contributed by atoms with Gasteiger partial charge in [0.15, 0.2) is 0 Å². The van der Waals surface area contributed by atoms with Crippen molar-refractivity contribution in [3.63, 3.8) is 0 Å². The van der Waals surface area contributed by atoms with E-state index in [1.54, 1.807) is 7.11 Å². The van der Waals surface area contributed by atoms with Crippen LogP contribution in [0.2, 0.25) is 0 Å². The van der Waals surface area contributed by atoms with Crippen LogP contribution in [-0.4, -0.2) is 30.6 Å². The molecule has 3 heterocycles. The van der Waals surface area contributed by atoms with Gasteiger partial charge in [0.2, 0.25) is 5.72 Å². The van der Waals surface area contributed by atoms with E-state index in [0.717, 1.165) is 40.9 Å². The van der Waals surface area contributed by atoms with Crippen molar-refractivity contribution in [2.24, 2.45) is 4.99 Å². The highest BCUT2D eigenvalue weighted by molar-refractivity contribution is 5.99. The number of ether oxygens (including phenoxy) is 2. The third-order valence-electron chi connectivity index (χ3n) is 7.09. The lowest BCUT2D eigenvalue weighted by Gasteiger charge is -2.46. The maximum absolute atomic E-state index is 6.94. The summed E-state index contributed by atoms with van der Waals surface area (Å²) in [6.45, 7) is 7.65. The second-order valence-corrected chi connectivity index (χ2v) is 9.29. The van der Waals surface area contributed by atoms with Crippen LogP contribution in [0.3, 0.4) is 0 Å². The Morgan fingerprint density at radius 3 is 2.75 bits per heavy atom. The smallest absolute Gasteiger partial charge is 0.228 e. The van der Waals surface area contributed by atoms with Crippen LogP contribution in [0, 0.1) is 0 Å². The summed E-state index contributed by atoms with van der Waals surface area (Å²) in [5.41, 5.74) is 2.26. The van der Waals surface area contributed by atoms with Crippen molar-refractivity contribution >= 4 is 28.4 Å². The molecule has 0 saturated heterocycles. The second kappa shape index (κ2) is 7.80. The van der Waals surface area contributed by atoms with E-state index in [1.165, 1.54) is 30.5 Å². The zero-order valence-corrected chi connectivity index (χ0v) is 19.4. The Balaban J connectivity index is 1.62. The van der Waals surface area contributed by atoms with Crippen molar-refractivity contribution in [1.29, 1.82) is 0 Å². The largest absolute Gasteiger partial charge is 0.497 e. The van der Waals surface area contributed by atoms with Crippen LogP contribution >= 0.6 is 0 Å². The van der Waals surface area contributed by atoms with Crippen LogP contribution in [0.4, 0.5) is 11.4 Å². The maximum atomic E-state index is 6.94. The average molecular weight is 430 g/mol. The Hall–Kier alpha value is -3.08. The summed E-state index contributed by atoms with van der Waals surface area (Å²) >= 11 is 0. The number of unbranched alkanes of at least 4 members (excludes halogenated alkanes) is 3. The molecule has 0 aliphatic carbocycles. The van der Waals surface area contributed by atoms with Gasteiger partial charge in [-0.15, -0.1) is 0 Å². The standard InChI is InChI=1S/C27H31N3O2/c1-5-6-7-8-15-30-23-11-10-20(31-4)16-22(23)26(2,3)27(30)18-29-25-21-17-28-14-13-19(21)9-12-24(25)32-27/h9-14,16-18H,5-8,15H2,1-4H3. The SMILES string of the molecule is CCCCCCN1c2ccc(OC)cc2C(C)(C)C12C=Nc1c(ccc3ccncc13)O2. The molecule has 32 heavy (non-hydrogen) atoms. The highest BCUT2D eigenvalue weighted by Gasteiger charge is 2.59. The summed E-state index contributed by atoms with van der Waals surface area (Å²) in [6, 6.07) is 12.5. The van der Waals surface area contributed by atoms with Crippen LogP contribution < -0.4 is 14.4 Å². The normalized spacial score (nSPS) is 20.3. The number of hydrogen-bond acceptors (Lipinski definition) is 5. The first-order valence-electron chi connectivity index (χ1n) is 11.6. The van der Waals surface area contributed by atoms with E-state index in [1.807, 2.05) is 36.8 Å². The van der Waals surface area contributed by atoms with Gasteiger partial charge in [-0.3, -0.25) is 9.98 Å². The summed E-state index contributed by atoms with van der Waals surface area (Å²) in [6.07, 6.45) is 10.5. The number of rotatable bonds is 6. The van der Waals surface area contributed by atoms with Crippen LogP contribution in [0.15, 0.2) is 53.8 Å². The summed E-state index contributed by atoms with van der Waals surface area (Å²) in [7, 11) is 1.72. The third-order valence-corrected chi connectivity index (χ3v) is 7.09. The van der Waals surface area contributed by atoms with Crippen molar-refractivity contribution < 1.29 is 9.47 Å². The van der Waals surface area contributed by atoms with E-state index < -0.39 is 5.72 Å². The highest BCUT2D eigenvalue weighted by Crippen LogP contribution is 2.55. The van der Waals surface area contributed by atoms with Crippen molar-refractivity contribution in [2.45, 2.75) is 57.6 Å². The van der Waals surface area contributed by atoms with Crippen LogP contribution in [0.25, 0.3) is 10.8 Å². The number of methoxy groups -OCH3 is 1. The lowest BCUT2D eigenvalue weighted by Crippen LogP contribution is -2.62. The number of anilines is 1. The summed E-state index contributed by atoms with van der Waals surface area (Å²) in [5, 5.41) is 2.13. The molecule has 2 aliphatic heterocycles. The molecule has 1 unspecified atom stereocenters. The third kappa shape index (κ3) is 2.98. The molecule has 0 amide bonds. The minimum atomic E-state index is -0.698. The van der Waals surface area contributed by atoms with Gasteiger partial charge in [-0.25, -0.2) is 0 Å². The minimum absolute atomic E-state index is 0.327. The van der Waals surface area contributed by atoms with Crippen molar-refractivity contribution in [1.82, 2.24) is 4.98 Å². The van der Waals surface area contributed by atoms with E-state index in [-0.39, 0.29) is 5.41 Å². The Morgan fingerprint density at radius 2 is 1.94 bits per heavy atom. The number of benzene rings is 2. The fourth-order valence-electron chi connectivity index (χ4n) is 5.17. The molecule has 0 saturated carbocycles. The van der Waals surface area contributed by atoms with Gasteiger partial charge in [0.05, 0.1) is 18.7 Å². The van der Waals surface area contributed by atoms with Gasteiger partial charge in [0.25, 0.3) is 0 Å². The first kappa shape index (κ1) is 20.8. The summed E-state index contributed by atoms with van der Waals surface area (Å²) in [4.78, 5) is 11.7. The monoisotopic (exact) mass is 429 g/mol. The van der Waals surface area contributed by atoms with Crippen LogP contribution in [-0.2, 0) is 5.41 Å². The van der Waals surface area contributed by atoms with E-state index in [9.17, 15) is 0 Å². The number of aromatic nitrogens is 1. The zero-order chi connectivity index (χ0) is 22.3. The molecule has 2 aliphatic rings. The fraction of sp³-hybridized carbons (Fsp3) is 0.407. The quantitative estimate of drug-likeness (QED) is 0.425. The van der Waals surface area contributed by atoms with Gasteiger partial charge in [0.1, 0.15) is 17.2 Å². The number of pyridine rings is 1. The molecular formula is C27H31N3O2. The molecule has 1 spiro atoms. The molecule has 1 atom stereocenters. The van der Waals surface area contributed by atoms with E-state index in [0.29, 0.717) is 0 Å². The Kier molecular flexibility index (Phi) is 5.07. The summed E-state index contributed by atoms with van der Waals surface area (Å²) < 4.78 is 12.5. The number of fused-ring (bicyclic) bond motifs is 4. The van der Waals surface area contributed by atoms with Crippen molar-refractivity contribution in [3.05, 3.63) is 54.4 Å². The average Bonchev–Trinajstić information content (AvgIpc) is 2.99. The van der Waals surface area contributed by atoms with Gasteiger partial charge < -0.3 is 14.4 Å². The van der Waals surface area contributed by atoms with E-state index in [2.05, 4.69) is 48.9 Å². The second-order valence-electron chi connectivity index (χ2n) is 9.29. The molecule has 0 N–H and O–H groups in total. The lowest BCUT2D eigenvalue weighted by molar-refractivity contribution is 0.0774. The molecule has 2 aromatic carbocycles. The van der Waals surface area contributed by atoms with Gasteiger partial charge >= 0.3 is 0 Å². The molecular weight excluding hydrogens is 398 g/mol. The number of hydrogen-bond donors (Lipinski definition) is 0. The number of aliphatic imine (C=N–C) groups is 1. The Morgan fingerprint density at radius 1 is 1.06 bits per heavy atom. The summed E-state index contributed by atoms with van der Waals surface area (Å²) in [5.74, 6) is 1.67.